The van der Waals surface area contributed by atoms with E-state index in [0.29, 0.717) is 17.1 Å². The molecule has 1 heterocycles. The van der Waals surface area contributed by atoms with Gasteiger partial charge >= 0.3 is 0 Å². The molecule has 1 amide bonds. The Balaban J connectivity index is 2.12. The maximum atomic E-state index is 11.5. The molecule has 20 heavy (non-hydrogen) atoms. The van der Waals surface area contributed by atoms with Gasteiger partial charge in [-0.2, -0.15) is 0 Å². The van der Waals surface area contributed by atoms with Gasteiger partial charge in [0.25, 0.3) is 5.91 Å². The number of hydrogen-bond donors (Lipinski definition) is 2. The van der Waals surface area contributed by atoms with Crippen LogP contribution in [-0.2, 0) is 6.61 Å². The number of ether oxygens (including phenoxy) is 1. The molecule has 5 nitrogen and oxygen atoms in total. The number of aryl methyl sites for hydroxylation is 2. The second kappa shape index (κ2) is 5.79. The number of carbonyl (C=O) groups is 1. The van der Waals surface area contributed by atoms with Gasteiger partial charge in [-0.3, -0.25) is 10.2 Å². The Labute approximate surface area is 117 Å². The lowest BCUT2D eigenvalue weighted by Gasteiger charge is -2.09. The minimum atomic E-state index is -0.371. The van der Waals surface area contributed by atoms with Crippen LogP contribution in [-0.4, -0.2) is 5.91 Å². The third-order valence-corrected chi connectivity index (χ3v) is 3.27. The zero-order valence-corrected chi connectivity index (χ0v) is 11.8. The molecule has 1 aromatic heterocycles. The number of nitrogens with one attached hydrogen (secondary N) is 1. The highest BCUT2D eigenvalue weighted by Crippen LogP contribution is 2.23. The highest BCUT2D eigenvalue weighted by atomic mass is 16.5. The van der Waals surface area contributed by atoms with Crippen molar-refractivity contribution in [2.75, 3.05) is 0 Å². The lowest BCUT2D eigenvalue weighted by atomic mass is 10.1. The van der Waals surface area contributed by atoms with Crippen molar-refractivity contribution in [2.45, 2.75) is 27.4 Å². The van der Waals surface area contributed by atoms with E-state index < -0.39 is 0 Å². The van der Waals surface area contributed by atoms with E-state index in [1.807, 2.05) is 32.0 Å². The van der Waals surface area contributed by atoms with Crippen molar-refractivity contribution in [3.63, 3.8) is 0 Å². The number of hydrogen-bond acceptors (Lipinski definition) is 4. The van der Waals surface area contributed by atoms with Crippen LogP contribution in [0, 0.1) is 20.8 Å². The van der Waals surface area contributed by atoms with Crippen molar-refractivity contribution < 1.29 is 13.9 Å². The monoisotopic (exact) mass is 274 g/mol. The maximum absolute atomic E-state index is 11.5. The Hall–Kier alpha value is -2.27. The van der Waals surface area contributed by atoms with E-state index in [9.17, 15) is 4.79 Å². The number of nitrogens with two attached hydrogens (primary N) is 1. The predicted molar refractivity (Wildman–Crippen MR) is 75.3 cm³/mol. The van der Waals surface area contributed by atoms with Gasteiger partial charge in [0.1, 0.15) is 23.9 Å². The van der Waals surface area contributed by atoms with Crippen molar-refractivity contribution in [2.24, 2.45) is 5.84 Å². The summed E-state index contributed by atoms with van der Waals surface area (Å²) in [6.45, 7) is 6.02. The summed E-state index contributed by atoms with van der Waals surface area (Å²) < 4.78 is 11.2. The SMILES string of the molecule is Cc1cccc(OCc2cc(C(=O)NN)c(C)o2)c1C. The lowest BCUT2D eigenvalue weighted by molar-refractivity contribution is 0.0952. The highest BCUT2D eigenvalue weighted by Gasteiger charge is 2.14. The summed E-state index contributed by atoms with van der Waals surface area (Å²) in [5.74, 6) is 6.66. The molecule has 0 bridgehead atoms. The van der Waals surface area contributed by atoms with E-state index in [1.165, 1.54) is 5.56 Å². The number of benzene rings is 1. The molecule has 0 spiro atoms. The summed E-state index contributed by atoms with van der Waals surface area (Å²) in [7, 11) is 0. The summed E-state index contributed by atoms with van der Waals surface area (Å²) in [6.07, 6.45) is 0. The third-order valence-electron chi connectivity index (χ3n) is 3.27. The van der Waals surface area contributed by atoms with Crippen LogP contribution >= 0.6 is 0 Å². The fraction of sp³-hybridized carbons (Fsp3) is 0.267. The van der Waals surface area contributed by atoms with Crippen LogP contribution in [0.5, 0.6) is 5.75 Å². The van der Waals surface area contributed by atoms with E-state index in [4.69, 9.17) is 15.0 Å². The van der Waals surface area contributed by atoms with E-state index in [1.54, 1.807) is 13.0 Å². The van der Waals surface area contributed by atoms with Gasteiger partial charge in [0, 0.05) is 0 Å². The molecule has 106 valence electrons. The second-order valence-electron chi connectivity index (χ2n) is 4.64. The van der Waals surface area contributed by atoms with Gasteiger partial charge in [-0.1, -0.05) is 12.1 Å². The van der Waals surface area contributed by atoms with Crippen molar-refractivity contribution >= 4 is 5.91 Å². The van der Waals surface area contributed by atoms with Crippen molar-refractivity contribution in [1.82, 2.24) is 5.43 Å². The second-order valence-corrected chi connectivity index (χ2v) is 4.64. The summed E-state index contributed by atoms with van der Waals surface area (Å²) in [5.41, 5.74) is 4.77. The molecule has 0 aliphatic rings. The van der Waals surface area contributed by atoms with E-state index in [0.717, 1.165) is 11.3 Å². The minimum Gasteiger partial charge on any atom is -0.485 e. The van der Waals surface area contributed by atoms with Gasteiger partial charge in [-0.25, -0.2) is 5.84 Å². The van der Waals surface area contributed by atoms with Crippen LogP contribution in [0.15, 0.2) is 28.7 Å². The van der Waals surface area contributed by atoms with E-state index in [2.05, 4.69) is 5.43 Å². The zero-order chi connectivity index (χ0) is 14.7. The molecule has 0 saturated heterocycles. The normalized spacial score (nSPS) is 10.4. The number of amides is 1. The third kappa shape index (κ3) is 2.83. The van der Waals surface area contributed by atoms with Gasteiger partial charge in [0.05, 0.1) is 5.56 Å². The summed E-state index contributed by atoms with van der Waals surface area (Å²) in [6, 6.07) is 7.52. The molecule has 0 unspecified atom stereocenters. The Morgan fingerprint density at radius 2 is 2.10 bits per heavy atom. The first-order chi connectivity index (χ1) is 9.52. The summed E-state index contributed by atoms with van der Waals surface area (Å²) in [5, 5.41) is 0. The Bertz CT molecular complexity index is 632. The maximum Gasteiger partial charge on any atom is 0.268 e. The number of hydrazine groups is 1. The average Bonchev–Trinajstić information content (AvgIpc) is 2.81. The van der Waals surface area contributed by atoms with Crippen molar-refractivity contribution in [3.05, 3.63) is 52.5 Å². The largest absolute Gasteiger partial charge is 0.485 e. The van der Waals surface area contributed by atoms with Crippen LogP contribution in [0.1, 0.15) is 33.0 Å². The fourth-order valence-corrected chi connectivity index (χ4v) is 1.95. The first-order valence-corrected chi connectivity index (χ1v) is 6.32. The molecule has 0 atom stereocenters. The molecule has 0 aliphatic heterocycles. The van der Waals surface area contributed by atoms with Gasteiger partial charge < -0.3 is 9.15 Å². The topological polar surface area (TPSA) is 77.5 Å². The molecule has 3 N–H and O–H groups in total. The van der Waals surface area contributed by atoms with Gasteiger partial charge in [-0.05, 0) is 44.0 Å². The molecule has 5 heteroatoms. The van der Waals surface area contributed by atoms with Crippen LogP contribution in [0.2, 0.25) is 0 Å². The van der Waals surface area contributed by atoms with Crippen molar-refractivity contribution in [1.29, 1.82) is 0 Å². The molecular weight excluding hydrogens is 256 g/mol. The lowest BCUT2D eigenvalue weighted by Crippen LogP contribution is -2.30. The Morgan fingerprint density at radius 3 is 2.80 bits per heavy atom. The number of carbonyl (C=O) groups excluding carboxylic acids is 1. The first-order valence-electron chi connectivity index (χ1n) is 6.32. The molecular formula is C15H18N2O3. The predicted octanol–water partition coefficient (Wildman–Crippen LogP) is 2.39. The van der Waals surface area contributed by atoms with Crippen LogP contribution in [0.25, 0.3) is 0 Å². The quantitative estimate of drug-likeness (QED) is 0.510. The number of nitrogen functional groups attached to an aromatic ring is 1. The smallest absolute Gasteiger partial charge is 0.268 e. The fourth-order valence-electron chi connectivity index (χ4n) is 1.95. The molecule has 0 saturated carbocycles. The first kappa shape index (κ1) is 14.1. The Kier molecular flexibility index (Phi) is 4.10. The van der Waals surface area contributed by atoms with Gasteiger partial charge in [0.2, 0.25) is 0 Å². The van der Waals surface area contributed by atoms with Crippen LogP contribution in [0.3, 0.4) is 0 Å². The number of rotatable bonds is 4. The molecule has 1 aromatic carbocycles. The Morgan fingerprint density at radius 1 is 1.35 bits per heavy atom. The summed E-state index contributed by atoms with van der Waals surface area (Å²) >= 11 is 0. The molecule has 2 rings (SSSR count). The number of furan rings is 1. The minimum absolute atomic E-state index is 0.267. The van der Waals surface area contributed by atoms with Crippen molar-refractivity contribution in [3.8, 4) is 5.75 Å². The molecule has 0 radical (unpaired) electrons. The van der Waals surface area contributed by atoms with Crippen LogP contribution in [0.4, 0.5) is 0 Å². The average molecular weight is 274 g/mol. The van der Waals surface area contributed by atoms with E-state index in [-0.39, 0.29) is 12.5 Å². The van der Waals surface area contributed by atoms with Crippen LogP contribution < -0.4 is 16.0 Å². The van der Waals surface area contributed by atoms with E-state index >= 15 is 0 Å². The summed E-state index contributed by atoms with van der Waals surface area (Å²) in [4.78, 5) is 11.5. The van der Waals surface area contributed by atoms with Gasteiger partial charge in [0.15, 0.2) is 0 Å². The molecule has 0 fully saturated rings. The zero-order valence-electron chi connectivity index (χ0n) is 11.8. The molecule has 2 aromatic rings. The van der Waals surface area contributed by atoms with Gasteiger partial charge in [-0.15, -0.1) is 0 Å². The standard InChI is InChI=1S/C15H18N2O3/c1-9-5-4-6-14(10(9)2)19-8-12-7-13(11(3)20-12)15(18)17-16/h4-7H,8,16H2,1-3H3,(H,17,18). The highest BCUT2D eigenvalue weighted by molar-refractivity contribution is 5.94. The molecule has 0 aliphatic carbocycles.